The quantitative estimate of drug-likeness (QED) is 0.742. The van der Waals surface area contributed by atoms with Crippen LogP contribution in [0.3, 0.4) is 0 Å². The summed E-state index contributed by atoms with van der Waals surface area (Å²) >= 11 is 0. The molecule has 1 aliphatic heterocycles. The maximum atomic E-state index is 11.0. The molecular formula is C14H23N3O. The monoisotopic (exact) mass is 249 g/mol. The van der Waals surface area contributed by atoms with Gasteiger partial charge in [-0.05, 0) is 31.0 Å². The molecule has 1 aliphatic carbocycles. The highest BCUT2D eigenvalue weighted by Gasteiger charge is 2.35. The lowest BCUT2D eigenvalue weighted by molar-refractivity contribution is -0.109. The molecule has 2 unspecified atom stereocenters. The lowest BCUT2D eigenvalue weighted by Gasteiger charge is -2.29. The van der Waals surface area contributed by atoms with Crippen molar-refractivity contribution >= 4 is 6.29 Å². The Bertz CT molecular complexity index is 369. The number of nitrogens with zero attached hydrogens (tertiary/aromatic N) is 1. The second kappa shape index (κ2) is 5.46. The second-order valence-electron chi connectivity index (χ2n) is 5.33. The third kappa shape index (κ3) is 2.24. The molecule has 2 rings (SSSR count). The van der Waals surface area contributed by atoms with Gasteiger partial charge in [0.05, 0.1) is 11.6 Å². The lowest BCUT2D eigenvalue weighted by Crippen LogP contribution is -2.40. The van der Waals surface area contributed by atoms with Crippen LogP contribution in [-0.2, 0) is 4.79 Å². The molecule has 0 bridgehead atoms. The summed E-state index contributed by atoms with van der Waals surface area (Å²) in [5.74, 6) is 0.567. The summed E-state index contributed by atoms with van der Waals surface area (Å²) in [6.45, 7) is 1.92. The fraction of sp³-hybridized carbons (Fsp3) is 0.643. The van der Waals surface area contributed by atoms with Crippen LogP contribution in [0.2, 0.25) is 0 Å². The minimum absolute atomic E-state index is 0.106. The number of nitrogens with two attached hydrogens (primary N) is 1. The molecule has 0 spiro atoms. The van der Waals surface area contributed by atoms with E-state index in [0.717, 1.165) is 17.7 Å². The zero-order chi connectivity index (χ0) is 13.1. The van der Waals surface area contributed by atoms with Crippen LogP contribution in [0.25, 0.3) is 0 Å². The van der Waals surface area contributed by atoms with E-state index in [1.807, 2.05) is 13.0 Å². The van der Waals surface area contributed by atoms with Crippen LogP contribution in [0.1, 0.15) is 32.6 Å². The van der Waals surface area contributed by atoms with Crippen LogP contribution in [0, 0.1) is 11.8 Å². The van der Waals surface area contributed by atoms with Crippen molar-refractivity contribution in [1.82, 2.24) is 10.2 Å². The number of allylic oxidation sites excluding steroid dienone is 2. The average Bonchev–Trinajstić information content (AvgIpc) is 2.99. The smallest absolute Gasteiger partial charge is 0.128 e. The van der Waals surface area contributed by atoms with Gasteiger partial charge < -0.3 is 20.7 Å². The fourth-order valence-electron chi connectivity index (χ4n) is 3.11. The molecule has 2 atom stereocenters. The molecule has 1 saturated carbocycles. The van der Waals surface area contributed by atoms with Crippen molar-refractivity contribution in [3.8, 4) is 0 Å². The van der Waals surface area contributed by atoms with Crippen LogP contribution in [0.4, 0.5) is 0 Å². The number of likely N-dealkylation sites (N-methyl/N-ethyl adjacent to an activating group) is 1. The standard InChI is InChI=1S/C14H23N3O/c1-10(9-18)13-12(7-8-15)17(2)14(16-13)11-5-3-4-6-11/h7-11,14,16H,3-6,15H2,1-2H3/b8-7-. The number of hydrogen-bond donors (Lipinski definition) is 2. The Kier molecular flexibility index (Phi) is 3.94. The molecule has 3 N–H and O–H groups in total. The van der Waals surface area contributed by atoms with E-state index in [1.54, 1.807) is 6.20 Å². The highest BCUT2D eigenvalue weighted by atomic mass is 16.1. The first kappa shape index (κ1) is 13.0. The SMILES string of the molecule is CC(C=O)C1=C(/C=C\N)N(C)C(C2CCCC2)N1. The minimum atomic E-state index is -0.106. The first-order chi connectivity index (χ1) is 8.69. The molecular weight excluding hydrogens is 226 g/mol. The van der Waals surface area contributed by atoms with E-state index in [4.69, 9.17) is 5.73 Å². The molecule has 0 radical (unpaired) electrons. The predicted octanol–water partition coefficient (Wildman–Crippen LogP) is 1.56. The summed E-state index contributed by atoms with van der Waals surface area (Å²) in [6, 6.07) is 0. The van der Waals surface area contributed by atoms with Gasteiger partial charge in [0.15, 0.2) is 0 Å². The van der Waals surface area contributed by atoms with Crippen molar-refractivity contribution in [2.75, 3.05) is 7.05 Å². The van der Waals surface area contributed by atoms with Gasteiger partial charge in [0.1, 0.15) is 12.5 Å². The van der Waals surface area contributed by atoms with Crippen molar-refractivity contribution in [2.24, 2.45) is 17.6 Å². The van der Waals surface area contributed by atoms with E-state index in [0.29, 0.717) is 12.1 Å². The van der Waals surface area contributed by atoms with Crippen LogP contribution < -0.4 is 11.1 Å². The molecule has 18 heavy (non-hydrogen) atoms. The van der Waals surface area contributed by atoms with Gasteiger partial charge in [0.2, 0.25) is 0 Å². The third-order valence-corrected chi connectivity index (χ3v) is 4.14. The van der Waals surface area contributed by atoms with Crippen molar-refractivity contribution < 1.29 is 4.79 Å². The van der Waals surface area contributed by atoms with E-state index in [2.05, 4.69) is 17.3 Å². The van der Waals surface area contributed by atoms with Gasteiger partial charge in [-0.25, -0.2) is 0 Å². The number of nitrogens with one attached hydrogen (secondary N) is 1. The zero-order valence-electron chi connectivity index (χ0n) is 11.2. The molecule has 2 aliphatic rings. The Morgan fingerprint density at radius 2 is 2.11 bits per heavy atom. The summed E-state index contributed by atoms with van der Waals surface area (Å²) in [5.41, 5.74) is 7.57. The highest BCUT2D eigenvalue weighted by Crippen LogP contribution is 2.35. The van der Waals surface area contributed by atoms with Gasteiger partial charge >= 0.3 is 0 Å². The maximum absolute atomic E-state index is 11.0. The molecule has 100 valence electrons. The van der Waals surface area contributed by atoms with E-state index in [1.165, 1.54) is 25.7 Å². The van der Waals surface area contributed by atoms with Gasteiger partial charge in [-0.1, -0.05) is 19.8 Å². The fourth-order valence-corrected chi connectivity index (χ4v) is 3.11. The lowest BCUT2D eigenvalue weighted by atomic mass is 10.0. The highest BCUT2D eigenvalue weighted by molar-refractivity contribution is 5.59. The summed E-state index contributed by atoms with van der Waals surface area (Å²) in [5, 5.41) is 3.54. The molecule has 0 aromatic heterocycles. The van der Waals surface area contributed by atoms with Crippen LogP contribution >= 0.6 is 0 Å². The van der Waals surface area contributed by atoms with Crippen LogP contribution in [0.15, 0.2) is 23.7 Å². The van der Waals surface area contributed by atoms with Gasteiger partial charge in [-0.15, -0.1) is 0 Å². The Labute approximate surface area is 109 Å². The van der Waals surface area contributed by atoms with Crippen molar-refractivity contribution in [2.45, 2.75) is 38.8 Å². The summed E-state index contributed by atoms with van der Waals surface area (Å²) < 4.78 is 0. The normalized spacial score (nSPS) is 27.0. The Morgan fingerprint density at radius 1 is 1.44 bits per heavy atom. The maximum Gasteiger partial charge on any atom is 0.128 e. The second-order valence-corrected chi connectivity index (χ2v) is 5.33. The molecule has 4 nitrogen and oxygen atoms in total. The third-order valence-electron chi connectivity index (χ3n) is 4.14. The molecule has 0 aromatic carbocycles. The van der Waals surface area contributed by atoms with Crippen molar-refractivity contribution in [3.05, 3.63) is 23.7 Å². The summed E-state index contributed by atoms with van der Waals surface area (Å²) in [6.07, 6.45) is 9.90. The molecule has 4 heteroatoms. The van der Waals surface area contributed by atoms with Crippen LogP contribution in [0.5, 0.6) is 0 Å². The van der Waals surface area contributed by atoms with Crippen molar-refractivity contribution in [3.63, 3.8) is 0 Å². The Morgan fingerprint density at radius 3 is 2.67 bits per heavy atom. The zero-order valence-corrected chi connectivity index (χ0v) is 11.2. The first-order valence-electron chi connectivity index (χ1n) is 6.76. The predicted molar refractivity (Wildman–Crippen MR) is 72.2 cm³/mol. The van der Waals surface area contributed by atoms with E-state index < -0.39 is 0 Å². The largest absolute Gasteiger partial charge is 0.405 e. The molecule has 1 heterocycles. The molecule has 0 saturated heterocycles. The van der Waals surface area contributed by atoms with Gasteiger partial charge in [-0.2, -0.15) is 0 Å². The number of hydrogen-bond acceptors (Lipinski definition) is 4. The number of carbonyl (C=O) groups excluding carboxylic acids is 1. The Balaban J connectivity index is 2.21. The van der Waals surface area contributed by atoms with Crippen molar-refractivity contribution in [1.29, 1.82) is 0 Å². The average molecular weight is 249 g/mol. The summed E-state index contributed by atoms with van der Waals surface area (Å²) in [7, 11) is 2.08. The van der Waals surface area contributed by atoms with Gasteiger partial charge in [-0.3, -0.25) is 0 Å². The van der Waals surface area contributed by atoms with E-state index in [-0.39, 0.29) is 5.92 Å². The number of rotatable bonds is 4. The topological polar surface area (TPSA) is 58.4 Å². The Hall–Kier alpha value is -1.45. The molecule has 1 fully saturated rings. The van der Waals surface area contributed by atoms with Gasteiger partial charge in [0, 0.05) is 12.7 Å². The summed E-state index contributed by atoms with van der Waals surface area (Å²) in [4.78, 5) is 13.3. The van der Waals surface area contributed by atoms with E-state index in [9.17, 15) is 4.79 Å². The molecule has 0 aromatic rings. The minimum Gasteiger partial charge on any atom is -0.405 e. The van der Waals surface area contributed by atoms with Crippen LogP contribution in [-0.4, -0.2) is 24.4 Å². The first-order valence-corrected chi connectivity index (χ1v) is 6.76. The van der Waals surface area contributed by atoms with E-state index >= 15 is 0 Å². The van der Waals surface area contributed by atoms with Gasteiger partial charge in [0.25, 0.3) is 0 Å². The number of carbonyl (C=O) groups is 1. The number of aldehydes is 1. The molecule has 0 amide bonds.